The number of nitrogens with zero attached hydrogens (tertiary/aromatic N) is 1. The molecule has 0 spiro atoms. The molecule has 0 rings (SSSR count). The molecule has 0 saturated carbocycles. The van der Waals surface area contributed by atoms with E-state index in [2.05, 4.69) is 44.8 Å². The largest absolute Gasteiger partial charge is 0.317 e. The predicted molar refractivity (Wildman–Crippen MR) is 73.9 cm³/mol. The van der Waals surface area contributed by atoms with E-state index in [1.807, 2.05) is 0 Å². The minimum atomic E-state index is 0.778. The second kappa shape index (κ2) is 10.1. The van der Waals surface area contributed by atoms with Crippen LogP contribution in [0.1, 0.15) is 53.9 Å². The van der Waals surface area contributed by atoms with E-state index in [1.165, 1.54) is 32.4 Å². The third kappa shape index (κ3) is 7.24. The minimum absolute atomic E-state index is 0.778. The predicted octanol–water partition coefficient (Wildman–Crippen LogP) is 3.13. The van der Waals surface area contributed by atoms with Crippen LogP contribution in [0.2, 0.25) is 0 Å². The summed E-state index contributed by atoms with van der Waals surface area (Å²) in [6.45, 7) is 16.2. The second-order valence-electron chi connectivity index (χ2n) is 5.07. The van der Waals surface area contributed by atoms with Crippen LogP contribution in [0.5, 0.6) is 0 Å². The molecule has 16 heavy (non-hydrogen) atoms. The summed E-state index contributed by atoms with van der Waals surface area (Å²) in [6.07, 6.45) is 3.84. The van der Waals surface area contributed by atoms with Crippen molar-refractivity contribution in [2.24, 2.45) is 5.92 Å². The zero-order chi connectivity index (χ0) is 12.4. The number of hydrogen-bond acceptors (Lipinski definition) is 2. The van der Waals surface area contributed by atoms with Gasteiger partial charge in [0, 0.05) is 12.6 Å². The first-order valence-corrected chi connectivity index (χ1v) is 7.10. The summed E-state index contributed by atoms with van der Waals surface area (Å²) in [5.41, 5.74) is 0. The molecule has 0 aliphatic carbocycles. The van der Waals surface area contributed by atoms with Gasteiger partial charge in [0.15, 0.2) is 0 Å². The fourth-order valence-corrected chi connectivity index (χ4v) is 2.28. The Morgan fingerprint density at radius 1 is 1.06 bits per heavy atom. The summed E-state index contributed by atoms with van der Waals surface area (Å²) in [5.74, 6) is 0.778. The highest BCUT2D eigenvalue weighted by molar-refractivity contribution is 4.70. The maximum atomic E-state index is 3.41. The Balaban J connectivity index is 3.98. The molecule has 0 heterocycles. The van der Waals surface area contributed by atoms with Crippen molar-refractivity contribution in [2.45, 2.75) is 59.9 Å². The quantitative estimate of drug-likeness (QED) is 0.578. The second-order valence-corrected chi connectivity index (χ2v) is 5.07. The minimum Gasteiger partial charge on any atom is -0.317 e. The van der Waals surface area contributed by atoms with Crippen LogP contribution in [0.4, 0.5) is 0 Å². The molecule has 2 heteroatoms. The van der Waals surface area contributed by atoms with Gasteiger partial charge >= 0.3 is 0 Å². The molecule has 0 aromatic heterocycles. The molecule has 0 saturated heterocycles. The molecule has 0 bridgehead atoms. The molecule has 0 unspecified atom stereocenters. The number of nitrogens with one attached hydrogen (secondary N) is 1. The fraction of sp³-hybridized carbons (Fsp3) is 1.00. The van der Waals surface area contributed by atoms with Crippen LogP contribution in [-0.4, -0.2) is 37.1 Å². The van der Waals surface area contributed by atoms with Crippen LogP contribution in [0.15, 0.2) is 0 Å². The van der Waals surface area contributed by atoms with Crippen LogP contribution in [0, 0.1) is 5.92 Å². The Hall–Kier alpha value is -0.0800. The zero-order valence-corrected chi connectivity index (χ0v) is 12.1. The average Bonchev–Trinajstić information content (AvgIpc) is 2.25. The Bertz CT molecular complexity index is 142. The van der Waals surface area contributed by atoms with Gasteiger partial charge in [0.05, 0.1) is 0 Å². The normalized spacial score (nSPS) is 12.0. The third-order valence-electron chi connectivity index (χ3n) is 3.11. The van der Waals surface area contributed by atoms with Gasteiger partial charge in [-0.05, 0) is 44.8 Å². The van der Waals surface area contributed by atoms with E-state index in [1.54, 1.807) is 0 Å². The van der Waals surface area contributed by atoms with Crippen LogP contribution in [0.3, 0.4) is 0 Å². The van der Waals surface area contributed by atoms with Crippen molar-refractivity contribution in [2.75, 3.05) is 26.2 Å². The van der Waals surface area contributed by atoms with Gasteiger partial charge in [0.1, 0.15) is 0 Å². The van der Waals surface area contributed by atoms with Gasteiger partial charge < -0.3 is 10.2 Å². The Kier molecular flexibility index (Phi) is 10.0. The Morgan fingerprint density at radius 3 is 2.12 bits per heavy atom. The van der Waals surface area contributed by atoms with Crippen LogP contribution >= 0.6 is 0 Å². The number of rotatable bonds is 10. The summed E-state index contributed by atoms with van der Waals surface area (Å²) in [5, 5.41) is 3.41. The molecule has 0 aliphatic heterocycles. The van der Waals surface area contributed by atoms with Crippen LogP contribution in [0.25, 0.3) is 0 Å². The Morgan fingerprint density at radius 2 is 1.69 bits per heavy atom. The van der Waals surface area contributed by atoms with Crippen molar-refractivity contribution in [1.29, 1.82) is 0 Å². The smallest absolute Gasteiger partial charge is 0.00901 e. The summed E-state index contributed by atoms with van der Waals surface area (Å²) < 4.78 is 0. The summed E-state index contributed by atoms with van der Waals surface area (Å²) >= 11 is 0. The van der Waals surface area contributed by atoms with Gasteiger partial charge in [-0.25, -0.2) is 0 Å². The van der Waals surface area contributed by atoms with E-state index >= 15 is 0 Å². The molecule has 98 valence electrons. The molecule has 2 nitrogen and oxygen atoms in total. The molecular formula is C14H32N2. The monoisotopic (exact) mass is 228 g/mol. The van der Waals surface area contributed by atoms with Crippen molar-refractivity contribution in [3.8, 4) is 0 Å². The van der Waals surface area contributed by atoms with Gasteiger partial charge in [-0.15, -0.1) is 0 Å². The third-order valence-corrected chi connectivity index (χ3v) is 3.11. The molecule has 0 aromatic carbocycles. The molecule has 0 aromatic rings. The van der Waals surface area contributed by atoms with Gasteiger partial charge in [-0.1, -0.05) is 34.6 Å². The molecular weight excluding hydrogens is 196 g/mol. The molecule has 0 amide bonds. The van der Waals surface area contributed by atoms with E-state index < -0.39 is 0 Å². The summed E-state index contributed by atoms with van der Waals surface area (Å²) in [7, 11) is 0. The van der Waals surface area contributed by atoms with Crippen molar-refractivity contribution in [3.63, 3.8) is 0 Å². The first-order valence-electron chi connectivity index (χ1n) is 7.10. The average molecular weight is 228 g/mol. The van der Waals surface area contributed by atoms with E-state index in [-0.39, 0.29) is 0 Å². The molecule has 0 atom stereocenters. The highest BCUT2D eigenvalue weighted by Gasteiger charge is 2.15. The maximum absolute atomic E-state index is 3.41. The summed E-state index contributed by atoms with van der Waals surface area (Å²) in [6, 6.07) is 0.782. The van der Waals surface area contributed by atoms with Gasteiger partial charge in [-0.2, -0.15) is 0 Å². The van der Waals surface area contributed by atoms with Gasteiger partial charge in [-0.3, -0.25) is 0 Å². The highest BCUT2D eigenvalue weighted by atomic mass is 15.2. The fourth-order valence-electron chi connectivity index (χ4n) is 2.28. The lowest BCUT2D eigenvalue weighted by Gasteiger charge is -2.32. The van der Waals surface area contributed by atoms with Crippen LogP contribution in [-0.2, 0) is 0 Å². The molecule has 0 aliphatic rings. The lowest BCUT2D eigenvalue weighted by atomic mass is 10.1. The molecule has 1 N–H and O–H groups in total. The molecule has 0 radical (unpaired) electrons. The van der Waals surface area contributed by atoms with E-state index in [0.717, 1.165) is 25.0 Å². The zero-order valence-electron chi connectivity index (χ0n) is 12.1. The number of hydrogen-bond donors (Lipinski definition) is 1. The molecule has 0 fully saturated rings. The Labute approximate surface area is 103 Å². The lowest BCUT2D eigenvalue weighted by molar-refractivity contribution is 0.164. The first-order chi connectivity index (χ1) is 7.65. The SMILES string of the molecule is CCNCCCN(CC(C)C)C(CC)CC. The van der Waals surface area contributed by atoms with Crippen molar-refractivity contribution < 1.29 is 0 Å². The highest BCUT2D eigenvalue weighted by Crippen LogP contribution is 2.11. The van der Waals surface area contributed by atoms with E-state index in [0.29, 0.717) is 0 Å². The van der Waals surface area contributed by atoms with E-state index in [4.69, 9.17) is 0 Å². The topological polar surface area (TPSA) is 15.3 Å². The van der Waals surface area contributed by atoms with Crippen molar-refractivity contribution in [3.05, 3.63) is 0 Å². The van der Waals surface area contributed by atoms with Gasteiger partial charge in [0.2, 0.25) is 0 Å². The first kappa shape index (κ1) is 15.9. The van der Waals surface area contributed by atoms with Crippen molar-refractivity contribution >= 4 is 0 Å². The van der Waals surface area contributed by atoms with E-state index in [9.17, 15) is 0 Å². The standard InChI is InChI=1S/C14H32N2/c1-6-14(7-2)16(12-13(4)5)11-9-10-15-8-3/h13-15H,6-12H2,1-5H3. The maximum Gasteiger partial charge on any atom is 0.00901 e. The summed E-state index contributed by atoms with van der Waals surface area (Å²) in [4.78, 5) is 2.68. The van der Waals surface area contributed by atoms with Gasteiger partial charge in [0.25, 0.3) is 0 Å². The lowest BCUT2D eigenvalue weighted by Crippen LogP contribution is -2.38. The van der Waals surface area contributed by atoms with Crippen LogP contribution < -0.4 is 5.32 Å². The van der Waals surface area contributed by atoms with Crippen molar-refractivity contribution in [1.82, 2.24) is 10.2 Å².